The molecule has 0 radical (unpaired) electrons. The molecule has 2 rings (SSSR count). The van der Waals surface area contributed by atoms with E-state index >= 15 is 0 Å². The summed E-state index contributed by atoms with van der Waals surface area (Å²) in [5.41, 5.74) is -1.72. The van der Waals surface area contributed by atoms with Gasteiger partial charge in [0.15, 0.2) is 0 Å². The highest BCUT2D eigenvalue weighted by atomic mass is 19.4. The van der Waals surface area contributed by atoms with Gasteiger partial charge in [-0.05, 0) is 43.5 Å². The lowest BCUT2D eigenvalue weighted by Crippen LogP contribution is -2.48. The minimum atomic E-state index is -4.45. The van der Waals surface area contributed by atoms with Crippen molar-refractivity contribution in [1.29, 1.82) is 0 Å². The summed E-state index contributed by atoms with van der Waals surface area (Å²) in [6.45, 7) is 1.48. The van der Waals surface area contributed by atoms with Gasteiger partial charge in [0.1, 0.15) is 11.4 Å². The predicted molar refractivity (Wildman–Crippen MR) is 56.6 cm³/mol. The number of hydrogen-bond donors (Lipinski definition) is 1. The molecule has 1 aromatic carbocycles. The Morgan fingerprint density at radius 2 is 1.94 bits per heavy atom. The lowest BCUT2D eigenvalue weighted by molar-refractivity contribution is -0.163. The number of carbonyl (C=O) groups is 1. The molecule has 1 aliphatic carbocycles. The molecule has 0 spiro atoms. The standard InChI is InChI=1S/C12H11F4NO/c1-7-6-8(13)2-3-9(7)10(18)17-11(4-5-11)12(14,15)16/h2-3,6H,4-5H2,1H3,(H,17,18). The van der Waals surface area contributed by atoms with Crippen LogP contribution in [0.3, 0.4) is 0 Å². The molecule has 0 atom stereocenters. The summed E-state index contributed by atoms with van der Waals surface area (Å²) < 4.78 is 50.8. The van der Waals surface area contributed by atoms with Crippen LogP contribution in [0.4, 0.5) is 17.6 Å². The Kier molecular flexibility index (Phi) is 2.83. The van der Waals surface area contributed by atoms with Crippen molar-refractivity contribution in [2.45, 2.75) is 31.5 Å². The van der Waals surface area contributed by atoms with Crippen LogP contribution >= 0.6 is 0 Å². The predicted octanol–water partition coefficient (Wildman–Crippen LogP) is 2.96. The van der Waals surface area contributed by atoms with E-state index in [4.69, 9.17) is 0 Å². The van der Waals surface area contributed by atoms with Crippen molar-refractivity contribution in [3.63, 3.8) is 0 Å². The third-order valence-corrected chi connectivity index (χ3v) is 3.08. The SMILES string of the molecule is Cc1cc(F)ccc1C(=O)NC1(C(F)(F)F)CC1. The van der Waals surface area contributed by atoms with E-state index < -0.39 is 23.4 Å². The molecule has 18 heavy (non-hydrogen) atoms. The minimum absolute atomic E-state index is 0.0620. The van der Waals surface area contributed by atoms with Crippen molar-refractivity contribution in [2.75, 3.05) is 0 Å². The van der Waals surface area contributed by atoms with Gasteiger partial charge in [0.25, 0.3) is 5.91 Å². The van der Waals surface area contributed by atoms with E-state index in [9.17, 15) is 22.4 Å². The van der Waals surface area contributed by atoms with Crippen molar-refractivity contribution in [1.82, 2.24) is 5.32 Å². The smallest absolute Gasteiger partial charge is 0.338 e. The zero-order valence-corrected chi connectivity index (χ0v) is 9.57. The van der Waals surface area contributed by atoms with Crippen LogP contribution in [-0.2, 0) is 0 Å². The number of benzene rings is 1. The lowest BCUT2D eigenvalue weighted by Gasteiger charge is -2.21. The Hall–Kier alpha value is -1.59. The van der Waals surface area contributed by atoms with Crippen LogP contribution in [0.15, 0.2) is 18.2 Å². The van der Waals surface area contributed by atoms with Crippen LogP contribution in [0.2, 0.25) is 0 Å². The lowest BCUT2D eigenvalue weighted by atomic mass is 10.1. The van der Waals surface area contributed by atoms with Gasteiger partial charge in [0.2, 0.25) is 0 Å². The van der Waals surface area contributed by atoms with E-state index in [1.807, 2.05) is 5.32 Å². The van der Waals surface area contributed by atoms with Gasteiger partial charge < -0.3 is 5.32 Å². The fourth-order valence-corrected chi connectivity index (χ4v) is 1.77. The molecule has 0 heterocycles. The Balaban J connectivity index is 2.19. The number of halogens is 4. The van der Waals surface area contributed by atoms with Crippen LogP contribution in [0, 0.1) is 12.7 Å². The first-order valence-electron chi connectivity index (χ1n) is 5.41. The molecular formula is C12H11F4NO. The summed E-state index contributed by atoms with van der Waals surface area (Å²) in [6, 6.07) is 3.35. The molecule has 0 aliphatic heterocycles. The van der Waals surface area contributed by atoms with Crippen LogP contribution in [0.1, 0.15) is 28.8 Å². The van der Waals surface area contributed by atoms with E-state index in [-0.39, 0.29) is 18.4 Å². The summed E-state index contributed by atoms with van der Waals surface area (Å²) in [5.74, 6) is -1.34. The molecule has 98 valence electrons. The third kappa shape index (κ3) is 2.19. The van der Waals surface area contributed by atoms with Crippen molar-refractivity contribution in [3.8, 4) is 0 Å². The average Bonchev–Trinajstić information content (AvgIpc) is 2.97. The first-order valence-corrected chi connectivity index (χ1v) is 5.41. The summed E-state index contributed by atoms with van der Waals surface area (Å²) in [5, 5.41) is 2.00. The minimum Gasteiger partial charge on any atom is -0.338 e. The molecule has 1 amide bonds. The van der Waals surface area contributed by atoms with Gasteiger partial charge in [-0.2, -0.15) is 13.2 Å². The summed E-state index contributed by atoms with van der Waals surface area (Å²) in [7, 11) is 0. The number of aryl methyl sites for hydroxylation is 1. The van der Waals surface area contributed by atoms with Crippen molar-refractivity contribution in [3.05, 3.63) is 35.1 Å². The van der Waals surface area contributed by atoms with E-state index in [1.54, 1.807) is 0 Å². The summed E-state index contributed by atoms with van der Waals surface area (Å²) in [6.07, 6.45) is -4.67. The molecule has 1 N–H and O–H groups in total. The highest BCUT2D eigenvalue weighted by molar-refractivity contribution is 5.96. The van der Waals surface area contributed by atoms with Crippen LogP contribution in [-0.4, -0.2) is 17.6 Å². The quantitative estimate of drug-likeness (QED) is 0.815. The molecule has 1 fully saturated rings. The van der Waals surface area contributed by atoms with Gasteiger partial charge in [-0.15, -0.1) is 0 Å². The number of nitrogens with one attached hydrogen (secondary N) is 1. The molecule has 6 heteroatoms. The molecule has 0 unspecified atom stereocenters. The largest absolute Gasteiger partial charge is 0.411 e. The molecular weight excluding hydrogens is 250 g/mol. The average molecular weight is 261 g/mol. The van der Waals surface area contributed by atoms with E-state index in [2.05, 4.69) is 0 Å². The molecule has 0 aromatic heterocycles. The molecule has 1 saturated carbocycles. The molecule has 1 aliphatic rings. The van der Waals surface area contributed by atoms with Crippen molar-refractivity contribution < 1.29 is 22.4 Å². The van der Waals surface area contributed by atoms with Gasteiger partial charge in [0.05, 0.1) is 0 Å². The molecule has 1 aromatic rings. The first-order chi connectivity index (χ1) is 8.25. The summed E-state index contributed by atoms with van der Waals surface area (Å²) >= 11 is 0. The summed E-state index contributed by atoms with van der Waals surface area (Å²) in [4.78, 5) is 11.7. The van der Waals surface area contributed by atoms with Gasteiger partial charge >= 0.3 is 6.18 Å². The molecule has 0 bridgehead atoms. The fraction of sp³-hybridized carbons (Fsp3) is 0.417. The zero-order valence-electron chi connectivity index (χ0n) is 9.57. The van der Waals surface area contributed by atoms with Crippen molar-refractivity contribution >= 4 is 5.91 Å². The number of hydrogen-bond acceptors (Lipinski definition) is 1. The fourth-order valence-electron chi connectivity index (χ4n) is 1.77. The maximum absolute atomic E-state index is 12.8. The first kappa shape index (κ1) is 12.9. The molecule has 0 saturated heterocycles. The van der Waals surface area contributed by atoms with Gasteiger partial charge in [0, 0.05) is 5.56 Å². The normalized spacial score (nSPS) is 17.4. The van der Waals surface area contributed by atoms with E-state index in [0.717, 1.165) is 12.1 Å². The Morgan fingerprint density at radius 1 is 1.33 bits per heavy atom. The zero-order chi connectivity index (χ0) is 13.6. The number of amides is 1. The van der Waals surface area contributed by atoms with Gasteiger partial charge in [-0.25, -0.2) is 4.39 Å². The van der Waals surface area contributed by atoms with Gasteiger partial charge in [-0.1, -0.05) is 0 Å². The van der Waals surface area contributed by atoms with Crippen LogP contribution in [0.25, 0.3) is 0 Å². The Bertz CT molecular complexity index is 491. The Morgan fingerprint density at radius 3 is 2.39 bits per heavy atom. The second-order valence-corrected chi connectivity index (χ2v) is 4.49. The highest BCUT2D eigenvalue weighted by Gasteiger charge is 2.64. The topological polar surface area (TPSA) is 29.1 Å². The Labute approximate surface area is 101 Å². The number of rotatable bonds is 2. The second kappa shape index (κ2) is 3.96. The maximum atomic E-state index is 12.8. The van der Waals surface area contributed by atoms with Crippen LogP contribution in [0.5, 0.6) is 0 Å². The number of alkyl halides is 3. The monoisotopic (exact) mass is 261 g/mol. The van der Waals surface area contributed by atoms with E-state index in [1.165, 1.54) is 13.0 Å². The van der Waals surface area contributed by atoms with Crippen molar-refractivity contribution in [2.24, 2.45) is 0 Å². The highest BCUT2D eigenvalue weighted by Crippen LogP contribution is 2.49. The molecule has 2 nitrogen and oxygen atoms in total. The van der Waals surface area contributed by atoms with Crippen LogP contribution < -0.4 is 5.32 Å². The third-order valence-electron chi connectivity index (χ3n) is 3.08. The van der Waals surface area contributed by atoms with Gasteiger partial charge in [-0.3, -0.25) is 4.79 Å². The van der Waals surface area contributed by atoms with E-state index in [0.29, 0.717) is 5.56 Å². The second-order valence-electron chi connectivity index (χ2n) is 4.49. The number of carbonyl (C=O) groups excluding carboxylic acids is 1. The maximum Gasteiger partial charge on any atom is 0.411 e.